The summed E-state index contributed by atoms with van der Waals surface area (Å²) >= 11 is 0. The molecule has 3 heterocycles. The fraction of sp³-hybridized carbons (Fsp3) is 0.261. The number of anilines is 1. The van der Waals surface area contributed by atoms with Crippen molar-refractivity contribution in [2.45, 2.75) is 25.5 Å². The largest absolute Gasteiger partial charge is 0.465 e. The van der Waals surface area contributed by atoms with Gasteiger partial charge in [-0.25, -0.2) is 14.8 Å². The van der Waals surface area contributed by atoms with Gasteiger partial charge in [0.2, 0.25) is 0 Å². The number of nitrogens with two attached hydrogens (primary N) is 1. The standard InChI is InChI=1S/C23H22N4O3/c1-13-16-4-3-5-17-19(16)21-20(22(24)26-17)25-12-27(21)18(13)11-30-10-14-6-8-15(9-7-14)23(28)29-2/h3-9,12-13,18H,10-11H2,1-2H3,(H2,24,26). The van der Waals surface area contributed by atoms with Crippen molar-refractivity contribution in [3.05, 3.63) is 65.5 Å². The lowest BCUT2D eigenvalue weighted by Gasteiger charge is -2.31. The molecule has 7 nitrogen and oxygen atoms in total. The Kier molecular flexibility index (Phi) is 4.40. The SMILES string of the molecule is COC(=O)c1ccc(COCC2C(C)c3cccc4nc(N)c5ncn2c5c34)cc1. The van der Waals surface area contributed by atoms with Crippen LogP contribution in [0, 0.1) is 0 Å². The summed E-state index contributed by atoms with van der Waals surface area (Å²) in [6.07, 6.45) is 1.84. The molecule has 2 atom stereocenters. The van der Waals surface area contributed by atoms with Crippen LogP contribution in [0.15, 0.2) is 48.8 Å². The average Bonchev–Trinajstić information content (AvgIpc) is 3.21. The van der Waals surface area contributed by atoms with Gasteiger partial charge < -0.3 is 19.8 Å². The van der Waals surface area contributed by atoms with Crippen LogP contribution >= 0.6 is 0 Å². The third-order valence-corrected chi connectivity index (χ3v) is 5.95. The molecule has 0 saturated carbocycles. The molecule has 0 bridgehead atoms. The van der Waals surface area contributed by atoms with Crippen molar-refractivity contribution in [1.29, 1.82) is 0 Å². The van der Waals surface area contributed by atoms with Crippen LogP contribution in [0.4, 0.5) is 5.82 Å². The zero-order valence-electron chi connectivity index (χ0n) is 16.8. The first-order chi connectivity index (χ1) is 14.6. The summed E-state index contributed by atoms with van der Waals surface area (Å²) < 4.78 is 13.0. The van der Waals surface area contributed by atoms with Gasteiger partial charge in [0.15, 0.2) is 5.82 Å². The van der Waals surface area contributed by atoms with Crippen LogP contribution in [0.5, 0.6) is 0 Å². The van der Waals surface area contributed by atoms with Crippen molar-refractivity contribution in [3.8, 4) is 0 Å². The highest BCUT2D eigenvalue weighted by Gasteiger charge is 2.31. The number of aromatic nitrogens is 3. The molecule has 2 unspecified atom stereocenters. The first-order valence-electron chi connectivity index (χ1n) is 9.88. The summed E-state index contributed by atoms with van der Waals surface area (Å²) in [4.78, 5) is 20.6. The van der Waals surface area contributed by atoms with Crippen molar-refractivity contribution in [2.75, 3.05) is 19.5 Å². The molecule has 4 aromatic rings. The van der Waals surface area contributed by atoms with E-state index in [2.05, 4.69) is 27.5 Å². The number of benzene rings is 2. The summed E-state index contributed by atoms with van der Waals surface area (Å²) in [7, 11) is 1.38. The van der Waals surface area contributed by atoms with E-state index in [1.165, 1.54) is 12.7 Å². The van der Waals surface area contributed by atoms with E-state index in [4.69, 9.17) is 15.2 Å². The number of imidazole rings is 1. The number of rotatable bonds is 5. The molecule has 1 aliphatic rings. The molecule has 30 heavy (non-hydrogen) atoms. The molecule has 2 aromatic heterocycles. The number of carbonyl (C=O) groups excluding carboxylic acids is 1. The lowest BCUT2D eigenvalue weighted by Crippen LogP contribution is -2.24. The van der Waals surface area contributed by atoms with Gasteiger partial charge >= 0.3 is 5.97 Å². The van der Waals surface area contributed by atoms with E-state index in [-0.39, 0.29) is 17.9 Å². The lowest BCUT2D eigenvalue weighted by molar-refractivity contribution is 0.0600. The van der Waals surface area contributed by atoms with Crippen LogP contribution in [0.2, 0.25) is 0 Å². The number of pyridine rings is 1. The van der Waals surface area contributed by atoms with Gasteiger partial charge in [0.1, 0.15) is 5.52 Å². The Hall–Kier alpha value is -3.45. The highest BCUT2D eigenvalue weighted by Crippen LogP contribution is 2.43. The Morgan fingerprint density at radius 3 is 2.77 bits per heavy atom. The summed E-state index contributed by atoms with van der Waals surface area (Å²) in [5, 5.41) is 1.13. The van der Waals surface area contributed by atoms with Crippen molar-refractivity contribution in [3.63, 3.8) is 0 Å². The molecule has 2 N–H and O–H groups in total. The second-order valence-corrected chi connectivity index (χ2v) is 7.65. The van der Waals surface area contributed by atoms with Gasteiger partial charge in [-0.1, -0.05) is 31.2 Å². The molecular weight excluding hydrogens is 380 g/mol. The van der Waals surface area contributed by atoms with Gasteiger partial charge in [-0.05, 0) is 29.3 Å². The van der Waals surface area contributed by atoms with Gasteiger partial charge in [-0.3, -0.25) is 0 Å². The van der Waals surface area contributed by atoms with Gasteiger partial charge in [0, 0.05) is 11.3 Å². The number of ether oxygens (including phenoxy) is 2. The molecule has 0 radical (unpaired) electrons. The van der Waals surface area contributed by atoms with Crippen molar-refractivity contribution >= 4 is 33.7 Å². The zero-order chi connectivity index (χ0) is 20.8. The third kappa shape index (κ3) is 2.81. The molecule has 2 aromatic carbocycles. The Labute approximate surface area is 173 Å². The molecule has 5 rings (SSSR count). The molecule has 0 spiro atoms. The normalized spacial score (nSPS) is 17.7. The lowest BCUT2D eigenvalue weighted by atomic mass is 9.87. The molecule has 0 aliphatic carbocycles. The third-order valence-electron chi connectivity index (χ3n) is 5.95. The number of hydrogen-bond donors (Lipinski definition) is 1. The minimum Gasteiger partial charge on any atom is -0.465 e. The van der Waals surface area contributed by atoms with Crippen LogP contribution in [0.3, 0.4) is 0 Å². The maximum atomic E-state index is 11.6. The van der Waals surface area contributed by atoms with Crippen molar-refractivity contribution in [2.24, 2.45) is 0 Å². The molecule has 0 fully saturated rings. The molecule has 7 heteroatoms. The number of carbonyl (C=O) groups is 1. The Morgan fingerprint density at radius 2 is 2.00 bits per heavy atom. The van der Waals surface area contributed by atoms with Crippen LogP contribution < -0.4 is 5.73 Å². The van der Waals surface area contributed by atoms with E-state index in [1.807, 2.05) is 30.6 Å². The zero-order valence-corrected chi connectivity index (χ0v) is 16.8. The second kappa shape index (κ2) is 7.11. The second-order valence-electron chi connectivity index (χ2n) is 7.65. The molecule has 152 valence electrons. The van der Waals surface area contributed by atoms with Crippen molar-refractivity contribution < 1.29 is 14.3 Å². The predicted octanol–water partition coefficient (Wildman–Crippen LogP) is 3.83. The number of nitrogen functional groups attached to an aromatic ring is 1. The quantitative estimate of drug-likeness (QED) is 0.510. The first kappa shape index (κ1) is 18.6. The summed E-state index contributed by atoms with van der Waals surface area (Å²) in [6, 6.07) is 13.5. The molecule has 0 amide bonds. The average molecular weight is 402 g/mol. The molecular formula is C23H22N4O3. The smallest absolute Gasteiger partial charge is 0.337 e. The van der Waals surface area contributed by atoms with Crippen LogP contribution in [-0.2, 0) is 16.1 Å². The fourth-order valence-corrected chi connectivity index (χ4v) is 4.34. The highest BCUT2D eigenvalue weighted by molar-refractivity contribution is 6.08. The minimum atomic E-state index is -0.343. The van der Waals surface area contributed by atoms with E-state index in [0.717, 1.165) is 27.5 Å². The predicted molar refractivity (Wildman–Crippen MR) is 114 cm³/mol. The maximum absolute atomic E-state index is 11.6. The number of hydrogen-bond acceptors (Lipinski definition) is 6. The summed E-state index contributed by atoms with van der Waals surface area (Å²) in [6.45, 7) is 3.20. The van der Waals surface area contributed by atoms with Crippen molar-refractivity contribution in [1.82, 2.24) is 14.5 Å². The van der Waals surface area contributed by atoms with Crippen LogP contribution in [-0.4, -0.2) is 34.2 Å². The molecule has 1 aliphatic heterocycles. The van der Waals surface area contributed by atoms with Gasteiger partial charge in [0.25, 0.3) is 0 Å². The van der Waals surface area contributed by atoms with E-state index >= 15 is 0 Å². The number of esters is 1. The van der Waals surface area contributed by atoms with Crippen LogP contribution in [0.1, 0.15) is 40.4 Å². The Bertz CT molecular complexity index is 1260. The molecule has 0 saturated heterocycles. The number of methoxy groups -OCH3 is 1. The van der Waals surface area contributed by atoms with E-state index in [1.54, 1.807) is 12.1 Å². The van der Waals surface area contributed by atoms with Gasteiger partial charge in [0.05, 0.1) is 49.3 Å². The van der Waals surface area contributed by atoms with E-state index in [9.17, 15) is 4.79 Å². The first-order valence-corrected chi connectivity index (χ1v) is 9.88. The van der Waals surface area contributed by atoms with E-state index < -0.39 is 0 Å². The number of nitrogens with zero attached hydrogens (tertiary/aromatic N) is 3. The van der Waals surface area contributed by atoms with Gasteiger partial charge in [-0.2, -0.15) is 0 Å². The summed E-state index contributed by atoms with van der Waals surface area (Å²) in [5.41, 5.74) is 11.6. The van der Waals surface area contributed by atoms with Gasteiger partial charge in [-0.15, -0.1) is 0 Å². The highest BCUT2D eigenvalue weighted by atomic mass is 16.5. The van der Waals surface area contributed by atoms with E-state index in [0.29, 0.717) is 24.6 Å². The Balaban J connectivity index is 1.41. The van der Waals surface area contributed by atoms with Crippen LogP contribution in [0.25, 0.3) is 21.9 Å². The minimum absolute atomic E-state index is 0.101. The topological polar surface area (TPSA) is 92.3 Å². The monoisotopic (exact) mass is 402 g/mol. The summed E-state index contributed by atoms with van der Waals surface area (Å²) in [5.74, 6) is 0.350. The fourth-order valence-electron chi connectivity index (χ4n) is 4.34. The Morgan fingerprint density at radius 1 is 1.20 bits per heavy atom. The maximum Gasteiger partial charge on any atom is 0.337 e.